The highest BCUT2D eigenvalue weighted by atomic mass is 16.7. The van der Waals surface area contributed by atoms with Crippen molar-refractivity contribution in [3.05, 3.63) is 53.6 Å². The number of ether oxygens (including phenoxy) is 3. The maximum absolute atomic E-state index is 13.0. The molecule has 0 atom stereocenters. The minimum atomic E-state index is -0.0368. The van der Waals surface area contributed by atoms with Gasteiger partial charge >= 0.3 is 0 Å². The molecule has 152 valence electrons. The van der Waals surface area contributed by atoms with E-state index in [1.54, 1.807) is 24.3 Å². The molecule has 2 aromatic rings. The molecule has 0 saturated heterocycles. The van der Waals surface area contributed by atoms with E-state index in [0.717, 1.165) is 42.7 Å². The summed E-state index contributed by atoms with van der Waals surface area (Å²) in [5, 5.41) is 0. The summed E-state index contributed by atoms with van der Waals surface area (Å²) < 4.78 is 16.5. The molecule has 6 nitrogen and oxygen atoms in total. The van der Waals surface area contributed by atoms with Gasteiger partial charge in [0.05, 0.1) is 0 Å². The van der Waals surface area contributed by atoms with Crippen LogP contribution in [0.4, 0.5) is 0 Å². The van der Waals surface area contributed by atoms with E-state index in [-0.39, 0.29) is 31.1 Å². The topological polar surface area (TPSA) is 65.1 Å². The summed E-state index contributed by atoms with van der Waals surface area (Å²) >= 11 is 0. The number of hydrogen-bond donors (Lipinski definition) is 0. The van der Waals surface area contributed by atoms with Crippen molar-refractivity contribution < 1.29 is 23.8 Å². The van der Waals surface area contributed by atoms with Crippen LogP contribution in [0.15, 0.2) is 42.5 Å². The molecule has 2 aromatic carbocycles. The molecule has 1 aliphatic heterocycles. The van der Waals surface area contributed by atoms with Crippen molar-refractivity contribution in [2.75, 3.05) is 13.4 Å². The van der Waals surface area contributed by atoms with Crippen LogP contribution in [0, 0.1) is 0 Å². The van der Waals surface area contributed by atoms with E-state index < -0.39 is 0 Å². The van der Waals surface area contributed by atoms with E-state index in [2.05, 4.69) is 0 Å². The van der Waals surface area contributed by atoms with E-state index >= 15 is 0 Å². The highest BCUT2D eigenvalue weighted by molar-refractivity contribution is 5.94. The summed E-state index contributed by atoms with van der Waals surface area (Å²) in [6, 6.07) is 12.9. The number of carbonyl (C=O) groups excluding carboxylic acids is 2. The Hall–Kier alpha value is -3.02. The molecule has 0 bridgehead atoms. The molecular weight excluding hydrogens is 370 g/mol. The van der Waals surface area contributed by atoms with Crippen molar-refractivity contribution >= 4 is 11.7 Å². The van der Waals surface area contributed by atoms with Crippen LogP contribution in [-0.4, -0.2) is 36.0 Å². The molecule has 1 fully saturated rings. The van der Waals surface area contributed by atoms with E-state index in [1.807, 2.05) is 23.1 Å². The number of fused-ring (bicyclic) bond motifs is 1. The average molecular weight is 395 g/mol. The minimum absolute atomic E-state index is 0.00348. The van der Waals surface area contributed by atoms with Gasteiger partial charge in [-0.05, 0) is 61.7 Å². The summed E-state index contributed by atoms with van der Waals surface area (Å²) in [6.07, 6.45) is 4.32. The average Bonchev–Trinajstić information content (AvgIpc) is 3.42. The fraction of sp³-hybridized carbons (Fsp3) is 0.391. The van der Waals surface area contributed by atoms with Gasteiger partial charge in [-0.1, -0.05) is 18.9 Å². The number of amides is 1. The fourth-order valence-electron chi connectivity index (χ4n) is 3.89. The van der Waals surface area contributed by atoms with E-state index in [9.17, 15) is 9.59 Å². The Morgan fingerprint density at radius 3 is 2.48 bits per heavy atom. The summed E-state index contributed by atoms with van der Waals surface area (Å²) in [5.74, 6) is 2.01. The number of Topliss-reactive ketones (excluding diaryl/α,β-unsaturated/α-hetero) is 1. The zero-order chi connectivity index (χ0) is 20.2. The second-order valence-corrected chi connectivity index (χ2v) is 7.52. The maximum Gasteiger partial charge on any atom is 0.261 e. The van der Waals surface area contributed by atoms with Crippen LogP contribution in [0.1, 0.15) is 48.5 Å². The first-order chi connectivity index (χ1) is 14.1. The van der Waals surface area contributed by atoms with Gasteiger partial charge in [-0.3, -0.25) is 9.59 Å². The quantitative estimate of drug-likeness (QED) is 0.664. The highest BCUT2D eigenvalue weighted by Gasteiger charge is 2.27. The van der Waals surface area contributed by atoms with Crippen LogP contribution in [0.25, 0.3) is 0 Å². The number of nitrogens with zero attached hydrogens (tertiary/aromatic N) is 1. The maximum atomic E-state index is 13.0. The lowest BCUT2D eigenvalue weighted by Gasteiger charge is -2.29. The van der Waals surface area contributed by atoms with E-state index in [4.69, 9.17) is 14.2 Å². The van der Waals surface area contributed by atoms with Gasteiger partial charge in [0.2, 0.25) is 6.79 Å². The van der Waals surface area contributed by atoms with Gasteiger partial charge < -0.3 is 19.1 Å². The van der Waals surface area contributed by atoms with Crippen molar-refractivity contribution in [1.82, 2.24) is 4.90 Å². The van der Waals surface area contributed by atoms with Gasteiger partial charge in [-0.15, -0.1) is 0 Å². The van der Waals surface area contributed by atoms with Crippen molar-refractivity contribution in [1.29, 1.82) is 0 Å². The third-order valence-corrected chi connectivity index (χ3v) is 5.50. The second-order valence-electron chi connectivity index (χ2n) is 7.52. The molecule has 0 unspecified atom stereocenters. The van der Waals surface area contributed by atoms with E-state index in [0.29, 0.717) is 17.9 Å². The molecule has 1 saturated carbocycles. The van der Waals surface area contributed by atoms with Gasteiger partial charge in [0.1, 0.15) is 5.75 Å². The van der Waals surface area contributed by atoms with Crippen molar-refractivity contribution in [3.8, 4) is 17.2 Å². The van der Waals surface area contributed by atoms with Crippen LogP contribution < -0.4 is 14.2 Å². The lowest BCUT2D eigenvalue weighted by Crippen LogP contribution is -2.41. The van der Waals surface area contributed by atoms with Crippen molar-refractivity contribution in [2.45, 2.75) is 45.2 Å². The SMILES string of the molecule is CC(=O)c1ccc(OCC(=O)N(Cc2ccc3c(c2)OCO3)C2CCCC2)cc1. The summed E-state index contributed by atoms with van der Waals surface area (Å²) in [6.45, 7) is 2.25. The first kappa shape index (κ1) is 19.3. The van der Waals surface area contributed by atoms with Gasteiger partial charge in [0.15, 0.2) is 23.9 Å². The molecule has 0 aromatic heterocycles. The fourth-order valence-corrected chi connectivity index (χ4v) is 3.89. The molecule has 2 aliphatic rings. The standard InChI is InChI=1S/C23H25NO5/c1-16(25)18-7-9-20(10-8-18)27-14-23(26)24(19-4-2-3-5-19)13-17-6-11-21-22(12-17)29-15-28-21/h6-12,19H,2-5,13-15H2,1H3. The number of benzene rings is 2. The molecule has 1 amide bonds. The third kappa shape index (κ3) is 4.53. The predicted octanol–water partition coefficient (Wildman–Crippen LogP) is 3.97. The zero-order valence-electron chi connectivity index (χ0n) is 16.6. The molecule has 29 heavy (non-hydrogen) atoms. The van der Waals surface area contributed by atoms with Crippen LogP contribution >= 0.6 is 0 Å². The molecule has 4 rings (SSSR count). The number of carbonyl (C=O) groups is 2. The molecule has 0 spiro atoms. The summed E-state index contributed by atoms with van der Waals surface area (Å²) in [4.78, 5) is 26.3. The number of hydrogen-bond acceptors (Lipinski definition) is 5. The third-order valence-electron chi connectivity index (χ3n) is 5.50. The van der Waals surface area contributed by atoms with Crippen LogP contribution in [0.5, 0.6) is 17.2 Å². The minimum Gasteiger partial charge on any atom is -0.484 e. The van der Waals surface area contributed by atoms with Crippen LogP contribution in [-0.2, 0) is 11.3 Å². The summed E-state index contributed by atoms with van der Waals surface area (Å²) in [5.41, 5.74) is 1.64. The monoisotopic (exact) mass is 395 g/mol. The second kappa shape index (κ2) is 8.55. The predicted molar refractivity (Wildman–Crippen MR) is 107 cm³/mol. The Morgan fingerprint density at radius 1 is 1.03 bits per heavy atom. The Morgan fingerprint density at radius 2 is 1.76 bits per heavy atom. The molecular formula is C23H25NO5. The van der Waals surface area contributed by atoms with Gasteiger partial charge in [-0.2, -0.15) is 0 Å². The lowest BCUT2D eigenvalue weighted by molar-refractivity contribution is -0.136. The van der Waals surface area contributed by atoms with Gasteiger partial charge in [0.25, 0.3) is 5.91 Å². The molecule has 0 N–H and O–H groups in total. The van der Waals surface area contributed by atoms with Crippen molar-refractivity contribution in [3.63, 3.8) is 0 Å². The Balaban J connectivity index is 1.43. The highest BCUT2D eigenvalue weighted by Crippen LogP contribution is 2.33. The zero-order valence-corrected chi connectivity index (χ0v) is 16.6. The van der Waals surface area contributed by atoms with Gasteiger partial charge in [-0.25, -0.2) is 0 Å². The van der Waals surface area contributed by atoms with Crippen LogP contribution in [0.2, 0.25) is 0 Å². The van der Waals surface area contributed by atoms with Crippen molar-refractivity contribution in [2.24, 2.45) is 0 Å². The molecule has 6 heteroatoms. The number of rotatable bonds is 7. The molecule has 1 aliphatic carbocycles. The largest absolute Gasteiger partial charge is 0.484 e. The van der Waals surface area contributed by atoms with Gasteiger partial charge in [0, 0.05) is 18.2 Å². The first-order valence-corrected chi connectivity index (χ1v) is 10.0. The molecule has 0 radical (unpaired) electrons. The Kier molecular flexibility index (Phi) is 5.69. The Labute approximate surface area is 170 Å². The molecule has 1 heterocycles. The first-order valence-electron chi connectivity index (χ1n) is 10.0. The normalized spacial score (nSPS) is 15.3. The van der Waals surface area contributed by atoms with E-state index in [1.165, 1.54) is 6.92 Å². The lowest BCUT2D eigenvalue weighted by atomic mass is 10.1. The Bertz CT molecular complexity index is 887. The summed E-state index contributed by atoms with van der Waals surface area (Å²) in [7, 11) is 0. The number of ketones is 1. The smallest absolute Gasteiger partial charge is 0.261 e. The van der Waals surface area contributed by atoms with Crippen LogP contribution in [0.3, 0.4) is 0 Å².